The minimum atomic E-state index is -0.213. The molecule has 0 aliphatic carbocycles. The molecule has 122 valence electrons. The maximum Gasteiger partial charge on any atom is 0.315 e. The van der Waals surface area contributed by atoms with Crippen molar-refractivity contribution >= 4 is 22.0 Å². The highest BCUT2D eigenvalue weighted by molar-refractivity contribution is 9.10. The predicted molar refractivity (Wildman–Crippen MR) is 95.3 cm³/mol. The second-order valence-electron chi connectivity index (χ2n) is 5.27. The van der Waals surface area contributed by atoms with Gasteiger partial charge in [-0.1, -0.05) is 58.4 Å². The molecule has 2 atom stereocenters. The van der Waals surface area contributed by atoms with Gasteiger partial charge in [-0.05, 0) is 30.2 Å². The predicted octanol–water partition coefficient (Wildman–Crippen LogP) is 4.20. The average Bonchev–Trinajstić information content (AvgIpc) is 2.56. The number of methoxy groups -OCH3 is 1. The fourth-order valence-corrected chi connectivity index (χ4v) is 2.71. The molecule has 5 heteroatoms. The largest absolute Gasteiger partial charge is 0.375 e. The normalized spacial score (nSPS) is 13.2. The zero-order valence-electron chi connectivity index (χ0n) is 13.3. The summed E-state index contributed by atoms with van der Waals surface area (Å²) in [5.41, 5.74) is 2.08. The van der Waals surface area contributed by atoms with Crippen LogP contribution >= 0.6 is 15.9 Å². The first-order valence-corrected chi connectivity index (χ1v) is 8.27. The van der Waals surface area contributed by atoms with Crippen LogP contribution in [-0.2, 0) is 4.74 Å². The first-order chi connectivity index (χ1) is 11.1. The standard InChI is InChI=1S/C18H21BrN2O2/c1-13(15-9-6-10-16(19)11-15)21-18(22)20-12-17(23-2)14-7-4-3-5-8-14/h3-11,13,17H,12H2,1-2H3,(H2,20,21,22). The number of ether oxygens (including phenoxy) is 1. The van der Waals surface area contributed by atoms with Crippen molar-refractivity contribution in [3.63, 3.8) is 0 Å². The van der Waals surface area contributed by atoms with Crippen LogP contribution in [-0.4, -0.2) is 19.7 Å². The lowest BCUT2D eigenvalue weighted by atomic mass is 10.1. The SMILES string of the molecule is COC(CNC(=O)NC(C)c1cccc(Br)c1)c1ccccc1. The van der Waals surface area contributed by atoms with E-state index in [0.717, 1.165) is 15.6 Å². The molecule has 0 saturated heterocycles. The van der Waals surface area contributed by atoms with Crippen molar-refractivity contribution in [1.82, 2.24) is 10.6 Å². The lowest BCUT2D eigenvalue weighted by Crippen LogP contribution is -2.39. The molecule has 0 heterocycles. The molecule has 0 aromatic heterocycles. The van der Waals surface area contributed by atoms with Gasteiger partial charge in [0.2, 0.25) is 0 Å². The lowest BCUT2D eigenvalue weighted by Gasteiger charge is -2.19. The van der Waals surface area contributed by atoms with Crippen LogP contribution in [0.25, 0.3) is 0 Å². The summed E-state index contributed by atoms with van der Waals surface area (Å²) in [5, 5.41) is 5.79. The van der Waals surface area contributed by atoms with Gasteiger partial charge < -0.3 is 15.4 Å². The topological polar surface area (TPSA) is 50.4 Å². The summed E-state index contributed by atoms with van der Waals surface area (Å²) in [6, 6.07) is 17.4. The summed E-state index contributed by atoms with van der Waals surface area (Å²) in [6.07, 6.45) is -0.164. The highest BCUT2D eigenvalue weighted by Gasteiger charge is 2.13. The van der Waals surface area contributed by atoms with Crippen LogP contribution in [0.5, 0.6) is 0 Å². The zero-order chi connectivity index (χ0) is 16.7. The lowest BCUT2D eigenvalue weighted by molar-refractivity contribution is 0.104. The van der Waals surface area contributed by atoms with E-state index in [9.17, 15) is 4.79 Å². The van der Waals surface area contributed by atoms with Crippen molar-refractivity contribution in [3.8, 4) is 0 Å². The van der Waals surface area contributed by atoms with E-state index in [1.165, 1.54) is 0 Å². The van der Waals surface area contributed by atoms with Gasteiger partial charge in [0, 0.05) is 18.1 Å². The number of amides is 2. The molecule has 0 spiro atoms. The van der Waals surface area contributed by atoms with Gasteiger partial charge in [-0.2, -0.15) is 0 Å². The number of halogens is 1. The molecule has 2 aromatic rings. The molecule has 2 aromatic carbocycles. The third-order valence-electron chi connectivity index (χ3n) is 3.60. The van der Waals surface area contributed by atoms with Gasteiger partial charge in [-0.15, -0.1) is 0 Å². The van der Waals surface area contributed by atoms with Crippen molar-refractivity contribution in [2.75, 3.05) is 13.7 Å². The fraction of sp³-hybridized carbons (Fsp3) is 0.278. The number of carbonyl (C=O) groups excluding carboxylic acids is 1. The summed E-state index contributed by atoms with van der Waals surface area (Å²) >= 11 is 3.44. The number of carbonyl (C=O) groups is 1. The van der Waals surface area contributed by atoms with Crippen LogP contribution in [0.4, 0.5) is 4.79 Å². The van der Waals surface area contributed by atoms with Gasteiger partial charge in [0.05, 0.1) is 12.1 Å². The second kappa shape index (κ2) is 8.70. The maximum atomic E-state index is 12.1. The number of benzene rings is 2. The van der Waals surface area contributed by atoms with Crippen molar-refractivity contribution < 1.29 is 9.53 Å². The molecular weight excluding hydrogens is 356 g/mol. The van der Waals surface area contributed by atoms with Crippen LogP contribution in [0.2, 0.25) is 0 Å². The van der Waals surface area contributed by atoms with Gasteiger partial charge in [-0.3, -0.25) is 0 Å². The molecule has 2 N–H and O–H groups in total. The van der Waals surface area contributed by atoms with Crippen molar-refractivity contribution in [2.24, 2.45) is 0 Å². The van der Waals surface area contributed by atoms with Crippen LogP contribution in [0.15, 0.2) is 59.1 Å². The third-order valence-corrected chi connectivity index (χ3v) is 4.09. The molecule has 2 unspecified atom stereocenters. The summed E-state index contributed by atoms with van der Waals surface area (Å²) < 4.78 is 6.44. The molecule has 0 bridgehead atoms. The second-order valence-corrected chi connectivity index (χ2v) is 6.18. The Labute approximate surface area is 145 Å². The number of nitrogens with one attached hydrogen (secondary N) is 2. The zero-order valence-corrected chi connectivity index (χ0v) is 14.8. The molecular formula is C18H21BrN2O2. The van der Waals surface area contributed by atoms with Crippen LogP contribution in [0.3, 0.4) is 0 Å². The quantitative estimate of drug-likeness (QED) is 0.793. The van der Waals surface area contributed by atoms with Crippen molar-refractivity contribution in [2.45, 2.75) is 19.1 Å². The van der Waals surface area contributed by atoms with E-state index in [-0.39, 0.29) is 18.2 Å². The van der Waals surface area contributed by atoms with Gasteiger partial charge in [0.25, 0.3) is 0 Å². The van der Waals surface area contributed by atoms with E-state index in [1.54, 1.807) is 7.11 Å². The molecule has 2 rings (SSSR count). The van der Waals surface area contributed by atoms with Crippen molar-refractivity contribution in [3.05, 3.63) is 70.2 Å². The number of rotatable bonds is 6. The maximum absolute atomic E-state index is 12.1. The third kappa shape index (κ3) is 5.37. The van der Waals surface area contributed by atoms with E-state index >= 15 is 0 Å². The minimum absolute atomic E-state index is 0.0785. The highest BCUT2D eigenvalue weighted by Crippen LogP contribution is 2.18. The molecule has 23 heavy (non-hydrogen) atoms. The van der Waals surface area contributed by atoms with E-state index in [4.69, 9.17) is 4.74 Å². The first-order valence-electron chi connectivity index (χ1n) is 7.47. The van der Waals surface area contributed by atoms with Crippen LogP contribution < -0.4 is 10.6 Å². The highest BCUT2D eigenvalue weighted by atomic mass is 79.9. The van der Waals surface area contributed by atoms with Crippen molar-refractivity contribution in [1.29, 1.82) is 0 Å². The Morgan fingerprint density at radius 3 is 2.48 bits per heavy atom. The molecule has 0 fully saturated rings. The Bertz CT molecular complexity index is 634. The summed E-state index contributed by atoms with van der Waals surface area (Å²) in [5.74, 6) is 0. The van der Waals surface area contributed by atoms with Gasteiger partial charge in [0.15, 0.2) is 0 Å². The Morgan fingerprint density at radius 2 is 1.83 bits per heavy atom. The molecule has 4 nitrogen and oxygen atoms in total. The summed E-state index contributed by atoms with van der Waals surface area (Å²) in [6.45, 7) is 2.36. The average molecular weight is 377 g/mol. The Morgan fingerprint density at radius 1 is 1.13 bits per heavy atom. The number of urea groups is 1. The summed E-state index contributed by atoms with van der Waals surface area (Å²) in [4.78, 5) is 12.1. The molecule has 0 radical (unpaired) electrons. The molecule has 0 saturated carbocycles. The Kier molecular flexibility index (Phi) is 6.62. The van der Waals surface area contributed by atoms with Gasteiger partial charge in [0.1, 0.15) is 0 Å². The van der Waals surface area contributed by atoms with Gasteiger partial charge in [-0.25, -0.2) is 4.79 Å². The van der Waals surface area contributed by atoms with E-state index < -0.39 is 0 Å². The van der Waals surface area contributed by atoms with E-state index in [1.807, 2.05) is 61.5 Å². The van der Waals surface area contributed by atoms with E-state index in [2.05, 4.69) is 26.6 Å². The smallest absolute Gasteiger partial charge is 0.315 e. The van der Waals surface area contributed by atoms with Crippen LogP contribution in [0.1, 0.15) is 30.2 Å². The first kappa shape index (κ1) is 17.5. The van der Waals surface area contributed by atoms with E-state index in [0.29, 0.717) is 6.54 Å². The Balaban J connectivity index is 1.87. The minimum Gasteiger partial charge on any atom is -0.375 e. The van der Waals surface area contributed by atoms with Crippen LogP contribution in [0, 0.1) is 0 Å². The summed E-state index contributed by atoms with van der Waals surface area (Å²) in [7, 11) is 1.64. The number of hydrogen-bond acceptors (Lipinski definition) is 2. The monoisotopic (exact) mass is 376 g/mol. The molecule has 0 aliphatic heterocycles. The fourth-order valence-electron chi connectivity index (χ4n) is 2.30. The number of hydrogen-bond donors (Lipinski definition) is 2. The van der Waals surface area contributed by atoms with Gasteiger partial charge >= 0.3 is 6.03 Å². The molecule has 0 aliphatic rings. The molecule has 2 amide bonds. The Hall–Kier alpha value is -1.85.